The summed E-state index contributed by atoms with van der Waals surface area (Å²) in [6.07, 6.45) is 0.370. The van der Waals surface area contributed by atoms with Crippen molar-refractivity contribution in [3.05, 3.63) is 95.1 Å². The van der Waals surface area contributed by atoms with Crippen molar-refractivity contribution in [1.29, 1.82) is 0 Å². The third-order valence-corrected chi connectivity index (χ3v) is 8.66. The lowest BCUT2D eigenvalue weighted by Gasteiger charge is -2.35. The summed E-state index contributed by atoms with van der Waals surface area (Å²) in [5, 5.41) is 3.00. The van der Waals surface area contributed by atoms with E-state index in [0.29, 0.717) is 12.1 Å². The van der Waals surface area contributed by atoms with Crippen LogP contribution in [0.15, 0.2) is 77.7 Å². The molecule has 0 heterocycles. The summed E-state index contributed by atoms with van der Waals surface area (Å²) in [7, 11) is -4.09. The zero-order valence-electron chi connectivity index (χ0n) is 24.6. The molecule has 214 valence electrons. The molecule has 0 saturated carbocycles. The lowest BCUT2D eigenvalue weighted by Crippen LogP contribution is -2.55. The molecule has 0 aliphatic heterocycles. The zero-order chi connectivity index (χ0) is 29.7. The number of benzene rings is 3. The number of nitrogens with one attached hydrogen (secondary N) is 1. The van der Waals surface area contributed by atoms with Gasteiger partial charge in [-0.2, -0.15) is 0 Å². The molecule has 0 aromatic heterocycles. The minimum Gasteiger partial charge on any atom is -0.350 e. The maximum Gasteiger partial charge on any atom is 0.264 e. The molecule has 3 rings (SSSR count). The Bertz CT molecular complexity index is 1450. The molecule has 3 aromatic rings. The molecule has 3 aromatic carbocycles. The van der Waals surface area contributed by atoms with Crippen LogP contribution in [-0.2, 0) is 26.2 Å². The van der Waals surface area contributed by atoms with Gasteiger partial charge in [-0.15, -0.1) is 0 Å². The van der Waals surface area contributed by atoms with E-state index in [1.807, 2.05) is 78.8 Å². The average Bonchev–Trinajstić information content (AvgIpc) is 2.89. The number of amides is 2. The predicted octanol–water partition coefficient (Wildman–Crippen LogP) is 5.53. The number of hydrogen-bond acceptors (Lipinski definition) is 4. The van der Waals surface area contributed by atoms with Crippen molar-refractivity contribution in [2.75, 3.05) is 10.8 Å². The summed E-state index contributed by atoms with van der Waals surface area (Å²) in [6, 6.07) is 20.3. The summed E-state index contributed by atoms with van der Waals surface area (Å²) in [4.78, 5) is 29.2. The number of hydrogen-bond donors (Lipinski definition) is 1. The van der Waals surface area contributed by atoms with Gasteiger partial charge in [0.05, 0.1) is 10.6 Å². The molecule has 40 heavy (non-hydrogen) atoms. The molecule has 0 fully saturated rings. The van der Waals surface area contributed by atoms with Crippen LogP contribution in [0.4, 0.5) is 5.69 Å². The van der Waals surface area contributed by atoms with Gasteiger partial charge in [0.25, 0.3) is 10.0 Å². The summed E-state index contributed by atoms with van der Waals surface area (Å²) in [6.45, 7) is 13.0. The Balaban J connectivity index is 2.10. The normalized spacial score (nSPS) is 12.5. The number of anilines is 1. The largest absolute Gasteiger partial charge is 0.350 e. The van der Waals surface area contributed by atoms with Crippen LogP contribution in [-0.4, -0.2) is 43.3 Å². The van der Waals surface area contributed by atoms with Gasteiger partial charge >= 0.3 is 0 Å². The average molecular weight is 564 g/mol. The highest BCUT2D eigenvalue weighted by Gasteiger charge is 2.34. The molecule has 1 atom stereocenters. The fourth-order valence-electron chi connectivity index (χ4n) is 4.47. The molecule has 0 radical (unpaired) electrons. The monoisotopic (exact) mass is 563 g/mol. The molecule has 0 aliphatic carbocycles. The molecular formula is C32H41N3O4S. The number of sulfonamides is 1. The Morgan fingerprint density at radius 3 is 2.05 bits per heavy atom. The van der Waals surface area contributed by atoms with E-state index in [4.69, 9.17) is 0 Å². The maximum absolute atomic E-state index is 14.2. The van der Waals surface area contributed by atoms with Crippen molar-refractivity contribution < 1.29 is 18.0 Å². The van der Waals surface area contributed by atoms with Gasteiger partial charge < -0.3 is 10.2 Å². The predicted molar refractivity (Wildman–Crippen MR) is 161 cm³/mol. The van der Waals surface area contributed by atoms with Crippen LogP contribution in [0.3, 0.4) is 0 Å². The molecule has 0 saturated heterocycles. The third kappa shape index (κ3) is 7.50. The molecule has 2 amide bonds. The highest BCUT2D eigenvalue weighted by molar-refractivity contribution is 7.92. The number of nitrogens with zero attached hydrogens (tertiary/aromatic N) is 2. The van der Waals surface area contributed by atoms with E-state index in [2.05, 4.69) is 5.32 Å². The van der Waals surface area contributed by atoms with E-state index in [1.165, 1.54) is 17.0 Å². The van der Waals surface area contributed by atoms with E-state index in [-0.39, 0.29) is 17.3 Å². The standard InChI is InChI=1S/C32H41N3O4S/c1-8-29(31(37)33-32(5,6)7)34(21-26-15-13-12-14-24(26)3)30(36)22-35(27-19-18-23(2)25(4)20-27)40(38,39)28-16-10-9-11-17-28/h9-20,29H,8,21-22H2,1-7H3,(H,33,37)/t29-/m1/s1. The van der Waals surface area contributed by atoms with Gasteiger partial charge in [0.15, 0.2) is 0 Å². The van der Waals surface area contributed by atoms with Gasteiger partial charge in [0, 0.05) is 12.1 Å². The molecule has 1 N–H and O–H groups in total. The van der Waals surface area contributed by atoms with Crippen LogP contribution in [0.5, 0.6) is 0 Å². The van der Waals surface area contributed by atoms with E-state index in [1.54, 1.807) is 30.3 Å². The first-order valence-corrected chi connectivity index (χ1v) is 15.0. The van der Waals surface area contributed by atoms with E-state index in [0.717, 1.165) is 26.6 Å². The van der Waals surface area contributed by atoms with Crippen LogP contribution < -0.4 is 9.62 Å². The second kappa shape index (κ2) is 12.7. The highest BCUT2D eigenvalue weighted by Crippen LogP contribution is 2.27. The van der Waals surface area contributed by atoms with Gasteiger partial charge in [-0.3, -0.25) is 13.9 Å². The smallest absolute Gasteiger partial charge is 0.264 e. The first kappa shape index (κ1) is 30.9. The number of carbonyl (C=O) groups excluding carboxylic acids is 2. The molecule has 0 unspecified atom stereocenters. The Kier molecular flexibility index (Phi) is 9.79. The van der Waals surface area contributed by atoms with Gasteiger partial charge in [-0.1, -0.05) is 55.5 Å². The van der Waals surface area contributed by atoms with Gasteiger partial charge in [0.1, 0.15) is 12.6 Å². The summed E-state index contributed by atoms with van der Waals surface area (Å²) >= 11 is 0. The summed E-state index contributed by atoms with van der Waals surface area (Å²) in [5.41, 5.74) is 3.69. The van der Waals surface area contributed by atoms with Gasteiger partial charge in [-0.05, 0) is 94.5 Å². The Morgan fingerprint density at radius 2 is 1.48 bits per heavy atom. The van der Waals surface area contributed by atoms with E-state index in [9.17, 15) is 18.0 Å². The molecule has 0 spiro atoms. The molecule has 0 aliphatic rings. The van der Waals surface area contributed by atoms with Crippen LogP contribution >= 0.6 is 0 Å². The fourth-order valence-corrected chi connectivity index (χ4v) is 5.90. The Hall–Kier alpha value is -3.65. The number of rotatable bonds is 10. The van der Waals surface area contributed by atoms with Crippen LogP contribution in [0, 0.1) is 20.8 Å². The SMILES string of the molecule is CC[C@H](C(=O)NC(C)(C)C)N(Cc1ccccc1C)C(=O)CN(c1ccc(C)c(C)c1)S(=O)(=O)c1ccccc1. The van der Waals surface area contributed by atoms with E-state index >= 15 is 0 Å². The third-order valence-electron chi connectivity index (χ3n) is 6.87. The number of aryl methyl sites for hydroxylation is 3. The molecular weight excluding hydrogens is 522 g/mol. The second-order valence-electron chi connectivity index (χ2n) is 11.2. The zero-order valence-corrected chi connectivity index (χ0v) is 25.4. The summed E-state index contributed by atoms with van der Waals surface area (Å²) < 4.78 is 29.0. The quantitative estimate of drug-likeness (QED) is 0.352. The minimum atomic E-state index is -4.09. The van der Waals surface area contributed by atoms with Crippen LogP contribution in [0.1, 0.15) is 56.4 Å². The summed E-state index contributed by atoms with van der Waals surface area (Å²) in [5.74, 6) is -0.738. The molecule has 0 bridgehead atoms. The fraction of sp³-hybridized carbons (Fsp3) is 0.375. The Labute approximate surface area is 239 Å². The lowest BCUT2D eigenvalue weighted by molar-refractivity contribution is -0.141. The topological polar surface area (TPSA) is 86.8 Å². The van der Waals surface area contributed by atoms with Crippen molar-refractivity contribution in [3.8, 4) is 0 Å². The van der Waals surface area contributed by atoms with Crippen LogP contribution in [0.2, 0.25) is 0 Å². The molecule has 8 heteroatoms. The van der Waals surface area contributed by atoms with Crippen molar-refractivity contribution >= 4 is 27.5 Å². The lowest BCUT2D eigenvalue weighted by atomic mass is 10.0. The van der Waals surface area contributed by atoms with Crippen molar-refractivity contribution in [2.45, 2.75) is 77.9 Å². The molecule has 7 nitrogen and oxygen atoms in total. The van der Waals surface area contributed by atoms with Crippen molar-refractivity contribution in [3.63, 3.8) is 0 Å². The minimum absolute atomic E-state index is 0.0870. The first-order valence-electron chi connectivity index (χ1n) is 13.6. The first-order chi connectivity index (χ1) is 18.7. The van der Waals surface area contributed by atoms with Crippen LogP contribution in [0.25, 0.3) is 0 Å². The highest BCUT2D eigenvalue weighted by atomic mass is 32.2. The van der Waals surface area contributed by atoms with Crippen molar-refractivity contribution in [1.82, 2.24) is 10.2 Å². The second-order valence-corrected chi connectivity index (χ2v) is 13.1. The van der Waals surface area contributed by atoms with Gasteiger partial charge in [0.2, 0.25) is 11.8 Å². The van der Waals surface area contributed by atoms with Gasteiger partial charge in [-0.25, -0.2) is 8.42 Å². The van der Waals surface area contributed by atoms with E-state index < -0.39 is 34.1 Å². The van der Waals surface area contributed by atoms with Crippen molar-refractivity contribution in [2.24, 2.45) is 0 Å². The number of carbonyl (C=O) groups is 2. The Morgan fingerprint density at radius 1 is 0.850 bits per heavy atom. The maximum atomic E-state index is 14.2.